The van der Waals surface area contributed by atoms with Crippen molar-refractivity contribution in [3.8, 4) is 0 Å². The number of hydrogen-bond acceptors (Lipinski definition) is 4. The fourth-order valence-corrected chi connectivity index (χ4v) is 4.00. The van der Waals surface area contributed by atoms with Gasteiger partial charge in [-0.1, -0.05) is 12.1 Å². The molecular formula is C18H21N3O3. The summed E-state index contributed by atoms with van der Waals surface area (Å²) in [7, 11) is 0. The average Bonchev–Trinajstić information content (AvgIpc) is 3.26. The van der Waals surface area contributed by atoms with E-state index in [1.807, 2.05) is 24.3 Å². The molecule has 1 saturated heterocycles. The number of aromatic amines is 1. The fraction of sp³-hybridized carbons (Fsp3) is 0.500. The molecule has 0 unspecified atom stereocenters. The number of amides is 1. The molecule has 2 aliphatic rings. The van der Waals surface area contributed by atoms with Crippen LogP contribution < -0.4 is 5.32 Å². The first kappa shape index (κ1) is 15.2. The van der Waals surface area contributed by atoms with Crippen LogP contribution >= 0.6 is 0 Å². The smallest absolute Gasteiger partial charge is 0.307 e. The van der Waals surface area contributed by atoms with Crippen molar-refractivity contribution in [3.63, 3.8) is 0 Å². The number of esters is 1. The molecule has 24 heavy (non-hydrogen) atoms. The average molecular weight is 327 g/mol. The number of benzene rings is 1. The fourth-order valence-electron chi connectivity index (χ4n) is 4.00. The van der Waals surface area contributed by atoms with E-state index in [9.17, 15) is 9.59 Å². The molecule has 2 N–H and O–H groups in total. The number of rotatable bonds is 4. The molecule has 1 saturated carbocycles. The van der Waals surface area contributed by atoms with Crippen LogP contribution in [0.2, 0.25) is 0 Å². The van der Waals surface area contributed by atoms with Crippen molar-refractivity contribution in [1.29, 1.82) is 0 Å². The van der Waals surface area contributed by atoms with Crippen LogP contribution in [0.3, 0.4) is 0 Å². The molecule has 1 atom stereocenters. The number of hydrogen-bond donors (Lipinski definition) is 2. The predicted octanol–water partition coefficient (Wildman–Crippen LogP) is 2.10. The van der Waals surface area contributed by atoms with E-state index in [2.05, 4.69) is 15.3 Å². The summed E-state index contributed by atoms with van der Waals surface area (Å²) in [6.45, 7) is 0.499. The monoisotopic (exact) mass is 327 g/mol. The standard InChI is InChI=1S/C18H21N3O3/c22-16-11-12(18(24-16)8-3-4-9-18)17(23)19-10-7-15-20-13-5-1-2-6-14(13)21-15/h1-2,5-6,12H,3-4,7-11H2,(H,19,23)(H,20,21)/t12-/m0/s1. The zero-order chi connectivity index (χ0) is 16.6. The van der Waals surface area contributed by atoms with E-state index in [0.717, 1.165) is 42.5 Å². The Labute approximate surface area is 140 Å². The Morgan fingerprint density at radius 2 is 2.12 bits per heavy atom. The van der Waals surface area contributed by atoms with Crippen molar-refractivity contribution in [2.75, 3.05) is 6.54 Å². The van der Waals surface area contributed by atoms with Gasteiger partial charge < -0.3 is 15.0 Å². The number of fused-ring (bicyclic) bond motifs is 1. The van der Waals surface area contributed by atoms with Crippen LogP contribution in [0.15, 0.2) is 24.3 Å². The summed E-state index contributed by atoms with van der Waals surface area (Å²) in [6.07, 6.45) is 4.50. The summed E-state index contributed by atoms with van der Waals surface area (Å²) in [4.78, 5) is 32.0. The Hall–Kier alpha value is -2.37. The molecule has 126 valence electrons. The largest absolute Gasteiger partial charge is 0.458 e. The molecular weight excluding hydrogens is 306 g/mol. The number of H-pyrrole nitrogens is 1. The number of carbonyl (C=O) groups is 2. The predicted molar refractivity (Wildman–Crippen MR) is 88.2 cm³/mol. The van der Waals surface area contributed by atoms with Crippen molar-refractivity contribution in [3.05, 3.63) is 30.1 Å². The van der Waals surface area contributed by atoms with E-state index in [1.54, 1.807) is 0 Å². The normalized spacial score (nSPS) is 22.2. The van der Waals surface area contributed by atoms with Gasteiger partial charge in [0.25, 0.3) is 0 Å². The molecule has 1 spiro atoms. The van der Waals surface area contributed by atoms with Gasteiger partial charge in [-0.25, -0.2) is 4.98 Å². The number of imidazole rings is 1. The molecule has 4 rings (SSSR count). The lowest BCUT2D eigenvalue weighted by atomic mass is 9.85. The second kappa shape index (κ2) is 5.92. The van der Waals surface area contributed by atoms with Crippen LogP contribution in [-0.4, -0.2) is 34.0 Å². The number of carbonyl (C=O) groups excluding carboxylic acids is 2. The molecule has 0 radical (unpaired) electrons. The van der Waals surface area contributed by atoms with Crippen LogP contribution in [0, 0.1) is 5.92 Å². The first-order chi connectivity index (χ1) is 11.7. The van der Waals surface area contributed by atoms with Gasteiger partial charge in [-0.2, -0.15) is 0 Å². The van der Waals surface area contributed by atoms with E-state index in [0.29, 0.717) is 13.0 Å². The van der Waals surface area contributed by atoms with Gasteiger partial charge in [-0.05, 0) is 37.8 Å². The third-order valence-electron chi connectivity index (χ3n) is 5.19. The lowest BCUT2D eigenvalue weighted by Gasteiger charge is -2.27. The topological polar surface area (TPSA) is 84.1 Å². The molecule has 1 amide bonds. The highest BCUT2D eigenvalue weighted by atomic mass is 16.6. The molecule has 2 aromatic rings. The SMILES string of the molecule is O=C1C[C@@H](C(=O)NCCc2nc3ccccc3[nH]2)C2(CCCC2)O1. The maximum Gasteiger partial charge on any atom is 0.307 e. The van der Waals surface area contributed by atoms with Crippen molar-refractivity contribution < 1.29 is 14.3 Å². The number of ether oxygens (including phenoxy) is 1. The second-order valence-corrected chi connectivity index (χ2v) is 6.74. The highest BCUT2D eigenvalue weighted by Gasteiger charge is 2.53. The number of nitrogens with zero attached hydrogens (tertiary/aromatic N) is 1. The Kier molecular flexibility index (Phi) is 3.75. The molecule has 0 bridgehead atoms. The first-order valence-electron chi connectivity index (χ1n) is 8.59. The molecule has 6 heteroatoms. The third-order valence-corrected chi connectivity index (χ3v) is 5.19. The van der Waals surface area contributed by atoms with Gasteiger partial charge in [0.2, 0.25) is 5.91 Å². The Morgan fingerprint density at radius 1 is 1.33 bits per heavy atom. The molecule has 1 aliphatic heterocycles. The third kappa shape index (κ3) is 2.66. The number of nitrogens with one attached hydrogen (secondary N) is 2. The highest BCUT2D eigenvalue weighted by molar-refractivity contribution is 5.88. The maximum atomic E-state index is 12.5. The summed E-state index contributed by atoms with van der Waals surface area (Å²) in [5.41, 5.74) is 1.39. The Bertz CT molecular complexity index is 744. The minimum atomic E-state index is -0.541. The van der Waals surface area contributed by atoms with Gasteiger partial charge in [0.15, 0.2) is 0 Å². The Morgan fingerprint density at radius 3 is 2.92 bits per heavy atom. The summed E-state index contributed by atoms with van der Waals surface area (Å²) < 4.78 is 5.53. The van der Waals surface area contributed by atoms with Gasteiger partial charge in [0, 0.05) is 13.0 Å². The van der Waals surface area contributed by atoms with Crippen molar-refractivity contribution in [2.45, 2.75) is 44.1 Å². The first-order valence-corrected chi connectivity index (χ1v) is 8.59. The second-order valence-electron chi connectivity index (χ2n) is 6.74. The van der Waals surface area contributed by atoms with E-state index >= 15 is 0 Å². The van der Waals surface area contributed by atoms with Crippen molar-refractivity contribution in [2.24, 2.45) is 5.92 Å². The molecule has 2 fully saturated rings. The lowest BCUT2D eigenvalue weighted by Crippen LogP contribution is -2.43. The number of aromatic nitrogens is 2. The number of para-hydroxylation sites is 2. The highest BCUT2D eigenvalue weighted by Crippen LogP contribution is 2.45. The van der Waals surface area contributed by atoms with Crippen LogP contribution in [0.5, 0.6) is 0 Å². The molecule has 1 aromatic carbocycles. The van der Waals surface area contributed by atoms with Gasteiger partial charge >= 0.3 is 5.97 Å². The van der Waals surface area contributed by atoms with E-state index in [4.69, 9.17) is 4.74 Å². The quantitative estimate of drug-likeness (QED) is 0.842. The zero-order valence-corrected chi connectivity index (χ0v) is 13.5. The maximum absolute atomic E-state index is 12.5. The van der Waals surface area contributed by atoms with Crippen LogP contribution in [0.25, 0.3) is 11.0 Å². The summed E-state index contributed by atoms with van der Waals surface area (Å²) in [5, 5.41) is 2.96. The lowest BCUT2D eigenvalue weighted by molar-refractivity contribution is -0.149. The van der Waals surface area contributed by atoms with Crippen molar-refractivity contribution in [1.82, 2.24) is 15.3 Å². The van der Waals surface area contributed by atoms with Gasteiger partial charge in [0.1, 0.15) is 11.4 Å². The van der Waals surface area contributed by atoms with E-state index < -0.39 is 5.60 Å². The molecule has 2 heterocycles. The summed E-state index contributed by atoms with van der Waals surface area (Å²) in [5.74, 6) is 0.196. The summed E-state index contributed by atoms with van der Waals surface area (Å²) in [6, 6.07) is 7.85. The molecule has 1 aromatic heterocycles. The van der Waals surface area contributed by atoms with Gasteiger partial charge in [0.05, 0.1) is 23.4 Å². The molecule has 6 nitrogen and oxygen atoms in total. The van der Waals surface area contributed by atoms with Crippen molar-refractivity contribution >= 4 is 22.9 Å². The van der Waals surface area contributed by atoms with E-state index in [-0.39, 0.29) is 24.2 Å². The minimum Gasteiger partial charge on any atom is -0.458 e. The van der Waals surface area contributed by atoms with E-state index in [1.165, 1.54) is 0 Å². The summed E-state index contributed by atoms with van der Waals surface area (Å²) >= 11 is 0. The van der Waals surface area contributed by atoms with Crippen LogP contribution in [0.4, 0.5) is 0 Å². The van der Waals surface area contributed by atoms with Gasteiger partial charge in [-0.15, -0.1) is 0 Å². The van der Waals surface area contributed by atoms with Crippen LogP contribution in [-0.2, 0) is 20.7 Å². The Balaban J connectivity index is 1.37. The van der Waals surface area contributed by atoms with Gasteiger partial charge in [-0.3, -0.25) is 9.59 Å². The molecule has 1 aliphatic carbocycles. The minimum absolute atomic E-state index is 0.0705. The van der Waals surface area contributed by atoms with Crippen LogP contribution in [0.1, 0.15) is 37.9 Å². The zero-order valence-electron chi connectivity index (χ0n) is 13.5.